The van der Waals surface area contributed by atoms with Crippen molar-refractivity contribution < 1.29 is 0 Å². The Labute approximate surface area is 126 Å². The lowest BCUT2D eigenvalue weighted by molar-refractivity contribution is 0.234. The van der Waals surface area contributed by atoms with Crippen LogP contribution in [0.3, 0.4) is 0 Å². The van der Waals surface area contributed by atoms with E-state index in [0.29, 0.717) is 0 Å². The highest BCUT2D eigenvalue weighted by Gasteiger charge is 2.34. The van der Waals surface area contributed by atoms with Gasteiger partial charge in [-0.05, 0) is 30.9 Å². The minimum absolute atomic E-state index is 0.129. The highest BCUT2D eigenvalue weighted by Crippen LogP contribution is 2.35. The SMILES string of the molecule is Cc1ccc(C)c(-c2nnc3n2CCNC3C(C)(C)C)c1. The van der Waals surface area contributed by atoms with E-state index in [1.54, 1.807) is 0 Å². The topological polar surface area (TPSA) is 42.7 Å². The second-order valence-electron chi connectivity index (χ2n) is 7.10. The molecule has 0 amide bonds. The first-order valence-corrected chi connectivity index (χ1v) is 7.62. The molecule has 1 aliphatic rings. The molecule has 0 fully saturated rings. The fourth-order valence-corrected chi connectivity index (χ4v) is 3.03. The monoisotopic (exact) mass is 284 g/mol. The van der Waals surface area contributed by atoms with Crippen molar-refractivity contribution in [3.05, 3.63) is 35.2 Å². The Morgan fingerprint density at radius 3 is 2.67 bits per heavy atom. The summed E-state index contributed by atoms with van der Waals surface area (Å²) in [4.78, 5) is 0. The van der Waals surface area contributed by atoms with Crippen molar-refractivity contribution in [3.8, 4) is 11.4 Å². The minimum atomic E-state index is 0.129. The van der Waals surface area contributed by atoms with Gasteiger partial charge in [-0.1, -0.05) is 38.5 Å². The Hall–Kier alpha value is -1.68. The standard InChI is InChI=1S/C17H24N4/c1-11-6-7-12(2)13(10-11)15-19-20-16-14(17(3,4)5)18-8-9-21(15)16/h6-7,10,14,18H,8-9H2,1-5H3. The summed E-state index contributed by atoms with van der Waals surface area (Å²) in [5.41, 5.74) is 3.84. The molecule has 1 N–H and O–H groups in total. The van der Waals surface area contributed by atoms with E-state index in [1.165, 1.54) is 16.7 Å². The molecule has 2 aromatic rings. The average molecular weight is 284 g/mol. The lowest BCUT2D eigenvalue weighted by atomic mass is 9.85. The smallest absolute Gasteiger partial charge is 0.164 e. The first-order chi connectivity index (χ1) is 9.88. The maximum atomic E-state index is 4.51. The lowest BCUT2D eigenvalue weighted by Gasteiger charge is -2.34. The first kappa shape index (κ1) is 14.3. The normalized spacial score (nSPS) is 18.6. The number of nitrogens with zero attached hydrogens (tertiary/aromatic N) is 3. The van der Waals surface area contributed by atoms with E-state index in [9.17, 15) is 0 Å². The van der Waals surface area contributed by atoms with Crippen molar-refractivity contribution >= 4 is 0 Å². The number of rotatable bonds is 1. The number of benzene rings is 1. The van der Waals surface area contributed by atoms with Crippen LogP contribution in [0.25, 0.3) is 11.4 Å². The number of aromatic nitrogens is 3. The van der Waals surface area contributed by atoms with Gasteiger partial charge in [0.15, 0.2) is 11.6 Å². The van der Waals surface area contributed by atoms with Crippen molar-refractivity contribution in [1.29, 1.82) is 0 Å². The van der Waals surface area contributed by atoms with E-state index in [2.05, 4.69) is 72.9 Å². The third kappa shape index (κ3) is 2.48. The van der Waals surface area contributed by atoms with Crippen LogP contribution in [0, 0.1) is 19.3 Å². The van der Waals surface area contributed by atoms with Crippen LogP contribution >= 0.6 is 0 Å². The largest absolute Gasteiger partial charge is 0.308 e. The predicted octanol–water partition coefficient (Wildman–Crippen LogP) is 3.25. The molecule has 2 heterocycles. The number of nitrogens with one attached hydrogen (secondary N) is 1. The Morgan fingerprint density at radius 2 is 1.95 bits per heavy atom. The molecule has 1 unspecified atom stereocenters. The van der Waals surface area contributed by atoms with Gasteiger partial charge in [-0.25, -0.2) is 0 Å². The van der Waals surface area contributed by atoms with Crippen LogP contribution in [0.1, 0.15) is 43.8 Å². The molecule has 4 nitrogen and oxygen atoms in total. The zero-order valence-corrected chi connectivity index (χ0v) is 13.6. The number of aryl methyl sites for hydroxylation is 2. The van der Waals surface area contributed by atoms with Gasteiger partial charge in [-0.15, -0.1) is 10.2 Å². The average Bonchev–Trinajstić information content (AvgIpc) is 2.84. The molecule has 4 heteroatoms. The van der Waals surface area contributed by atoms with Crippen LogP contribution in [0.5, 0.6) is 0 Å². The number of hydrogen-bond acceptors (Lipinski definition) is 3. The van der Waals surface area contributed by atoms with Crippen LogP contribution in [0.15, 0.2) is 18.2 Å². The van der Waals surface area contributed by atoms with Gasteiger partial charge in [0.1, 0.15) is 0 Å². The molecule has 0 spiro atoms. The molecular formula is C17H24N4. The van der Waals surface area contributed by atoms with E-state index in [4.69, 9.17) is 0 Å². The molecule has 3 rings (SSSR count). The molecule has 1 aromatic carbocycles. The number of fused-ring (bicyclic) bond motifs is 1. The van der Waals surface area contributed by atoms with Crippen molar-refractivity contribution in [2.45, 2.75) is 47.2 Å². The summed E-state index contributed by atoms with van der Waals surface area (Å²) in [6.45, 7) is 12.9. The maximum absolute atomic E-state index is 4.51. The molecule has 0 aliphatic carbocycles. The summed E-state index contributed by atoms with van der Waals surface area (Å²) >= 11 is 0. The van der Waals surface area contributed by atoms with Gasteiger partial charge in [0.25, 0.3) is 0 Å². The third-order valence-electron chi connectivity index (χ3n) is 4.22. The van der Waals surface area contributed by atoms with Crippen molar-refractivity contribution in [1.82, 2.24) is 20.1 Å². The highest BCUT2D eigenvalue weighted by atomic mass is 15.3. The fourth-order valence-electron chi connectivity index (χ4n) is 3.03. The summed E-state index contributed by atoms with van der Waals surface area (Å²) in [5, 5.41) is 12.6. The van der Waals surface area contributed by atoms with E-state index in [-0.39, 0.29) is 11.5 Å². The van der Waals surface area contributed by atoms with Gasteiger partial charge >= 0.3 is 0 Å². The van der Waals surface area contributed by atoms with Gasteiger partial charge in [0.2, 0.25) is 0 Å². The summed E-state index contributed by atoms with van der Waals surface area (Å²) < 4.78 is 2.29. The van der Waals surface area contributed by atoms with Gasteiger partial charge in [0, 0.05) is 18.7 Å². The summed E-state index contributed by atoms with van der Waals surface area (Å²) in [6.07, 6.45) is 0. The van der Waals surface area contributed by atoms with Gasteiger partial charge in [-0.3, -0.25) is 0 Å². The zero-order valence-electron chi connectivity index (χ0n) is 13.6. The molecular weight excluding hydrogens is 260 g/mol. The maximum Gasteiger partial charge on any atom is 0.164 e. The molecule has 21 heavy (non-hydrogen) atoms. The van der Waals surface area contributed by atoms with Crippen LogP contribution in [0.4, 0.5) is 0 Å². The summed E-state index contributed by atoms with van der Waals surface area (Å²) in [7, 11) is 0. The van der Waals surface area contributed by atoms with E-state index in [0.717, 1.165) is 24.7 Å². The Bertz CT molecular complexity index is 664. The van der Waals surface area contributed by atoms with Crippen molar-refractivity contribution in [3.63, 3.8) is 0 Å². The predicted molar refractivity (Wildman–Crippen MR) is 85.1 cm³/mol. The minimum Gasteiger partial charge on any atom is -0.308 e. The molecule has 0 saturated carbocycles. The van der Waals surface area contributed by atoms with Crippen LogP contribution in [-0.2, 0) is 6.54 Å². The fraction of sp³-hybridized carbons (Fsp3) is 0.529. The third-order valence-corrected chi connectivity index (χ3v) is 4.22. The van der Waals surface area contributed by atoms with E-state index >= 15 is 0 Å². The highest BCUT2D eigenvalue weighted by molar-refractivity contribution is 5.61. The Morgan fingerprint density at radius 1 is 1.19 bits per heavy atom. The van der Waals surface area contributed by atoms with Crippen molar-refractivity contribution in [2.24, 2.45) is 5.41 Å². The van der Waals surface area contributed by atoms with Crippen LogP contribution < -0.4 is 5.32 Å². The molecule has 0 radical (unpaired) electrons. The van der Waals surface area contributed by atoms with Gasteiger partial charge < -0.3 is 9.88 Å². The molecule has 0 saturated heterocycles. The molecule has 1 atom stereocenters. The quantitative estimate of drug-likeness (QED) is 0.874. The molecule has 0 bridgehead atoms. The molecule has 112 valence electrons. The van der Waals surface area contributed by atoms with Gasteiger partial charge in [-0.2, -0.15) is 0 Å². The number of hydrogen-bond donors (Lipinski definition) is 1. The van der Waals surface area contributed by atoms with Crippen LogP contribution in [-0.4, -0.2) is 21.3 Å². The second-order valence-corrected chi connectivity index (χ2v) is 7.10. The van der Waals surface area contributed by atoms with Crippen LogP contribution in [0.2, 0.25) is 0 Å². The Kier molecular flexibility index (Phi) is 3.36. The summed E-state index contributed by atoms with van der Waals surface area (Å²) in [6, 6.07) is 6.76. The van der Waals surface area contributed by atoms with E-state index < -0.39 is 0 Å². The second kappa shape index (κ2) is 4.95. The zero-order chi connectivity index (χ0) is 15.2. The Balaban J connectivity index is 2.12. The van der Waals surface area contributed by atoms with Gasteiger partial charge in [0.05, 0.1) is 6.04 Å². The lowest BCUT2D eigenvalue weighted by Crippen LogP contribution is -2.40. The summed E-state index contributed by atoms with van der Waals surface area (Å²) in [5.74, 6) is 2.06. The first-order valence-electron chi connectivity index (χ1n) is 7.62. The molecule has 1 aliphatic heterocycles. The van der Waals surface area contributed by atoms with E-state index in [1.807, 2.05) is 0 Å². The molecule has 1 aromatic heterocycles. The van der Waals surface area contributed by atoms with Crippen molar-refractivity contribution in [2.75, 3.05) is 6.54 Å².